The predicted molar refractivity (Wildman–Crippen MR) is 80.0 cm³/mol. The maximum absolute atomic E-state index is 12.3. The second-order valence-electron chi connectivity index (χ2n) is 4.04. The second-order valence-corrected chi connectivity index (χ2v) is 4.78. The minimum Gasteiger partial charge on any atom is -0.497 e. The van der Waals surface area contributed by atoms with E-state index in [1.807, 2.05) is 0 Å². The fourth-order valence-corrected chi connectivity index (χ4v) is 2.16. The van der Waals surface area contributed by atoms with Gasteiger partial charge in [-0.1, -0.05) is 23.2 Å². The normalized spacial score (nSPS) is 10.2. The molecule has 1 aromatic carbocycles. The van der Waals surface area contributed by atoms with Crippen molar-refractivity contribution in [3.8, 4) is 5.75 Å². The zero-order valence-corrected chi connectivity index (χ0v) is 12.4. The van der Waals surface area contributed by atoms with Crippen molar-refractivity contribution in [2.45, 2.75) is 0 Å². The standard InChI is InChI=1S/C14H12Cl2N2O2/c1-18(11-7-8-12(15)17-13(11)16)14(19)9-3-5-10(20-2)6-4-9/h3-8H,1-2H3. The monoisotopic (exact) mass is 310 g/mol. The molecule has 0 bridgehead atoms. The van der Waals surface area contributed by atoms with Crippen LogP contribution >= 0.6 is 23.2 Å². The molecular weight excluding hydrogens is 299 g/mol. The number of methoxy groups -OCH3 is 1. The van der Waals surface area contributed by atoms with Crippen LogP contribution in [0.4, 0.5) is 5.69 Å². The summed E-state index contributed by atoms with van der Waals surface area (Å²) in [4.78, 5) is 17.7. The Morgan fingerprint density at radius 1 is 1.15 bits per heavy atom. The molecule has 0 saturated carbocycles. The Morgan fingerprint density at radius 2 is 1.80 bits per heavy atom. The van der Waals surface area contributed by atoms with Gasteiger partial charge in [0.25, 0.3) is 5.91 Å². The van der Waals surface area contributed by atoms with Crippen molar-refractivity contribution in [2.24, 2.45) is 0 Å². The SMILES string of the molecule is COc1ccc(C(=O)N(C)c2ccc(Cl)nc2Cl)cc1. The summed E-state index contributed by atoms with van der Waals surface area (Å²) in [6, 6.07) is 10.1. The lowest BCUT2D eigenvalue weighted by Crippen LogP contribution is -2.26. The van der Waals surface area contributed by atoms with Gasteiger partial charge in [-0.3, -0.25) is 4.79 Å². The molecule has 0 aliphatic carbocycles. The number of ether oxygens (including phenoxy) is 1. The van der Waals surface area contributed by atoms with Gasteiger partial charge in [0.05, 0.1) is 12.8 Å². The van der Waals surface area contributed by atoms with E-state index in [4.69, 9.17) is 27.9 Å². The first-order valence-corrected chi connectivity index (χ1v) is 6.52. The zero-order valence-electron chi connectivity index (χ0n) is 10.9. The van der Waals surface area contributed by atoms with E-state index in [1.165, 1.54) is 4.90 Å². The Morgan fingerprint density at radius 3 is 2.35 bits per heavy atom. The fraction of sp³-hybridized carbons (Fsp3) is 0.143. The third-order valence-electron chi connectivity index (χ3n) is 2.80. The molecule has 4 nitrogen and oxygen atoms in total. The molecule has 0 aliphatic heterocycles. The summed E-state index contributed by atoms with van der Waals surface area (Å²) in [6.45, 7) is 0. The quantitative estimate of drug-likeness (QED) is 0.812. The van der Waals surface area contributed by atoms with Crippen molar-refractivity contribution in [3.63, 3.8) is 0 Å². The second kappa shape index (κ2) is 6.11. The van der Waals surface area contributed by atoms with Crippen molar-refractivity contribution in [1.29, 1.82) is 0 Å². The average molecular weight is 311 g/mol. The summed E-state index contributed by atoms with van der Waals surface area (Å²) in [5.74, 6) is 0.495. The van der Waals surface area contributed by atoms with Crippen molar-refractivity contribution < 1.29 is 9.53 Å². The zero-order chi connectivity index (χ0) is 14.7. The first kappa shape index (κ1) is 14.6. The third-order valence-corrected chi connectivity index (χ3v) is 3.29. The van der Waals surface area contributed by atoms with Crippen LogP contribution in [0, 0.1) is 0 Å². The predicted octanol–water partition coefficient (Wildman–Crippen LogP) is 3.67. The van der Waals surface area contributed by atoms with E-state index in [2.05, 4.69) is 4.98 Å². The molecule has 0 radical (unpaired) electrons. The van der Waals surface area contributed by atoms with Gasteiger partial charge in [0.1, 0.15) is 10.9 Å². The van der Waals surface area contributed by atoms with Crippen molar-refractivity contribution in [1.82, 2.24) is 4.98 Å². The molecule has 0 atom stereocenters. The highest BCUT2D eigenvalue weighted by Gasteiger charge is 2.16. The van der Waals surface area contributed by atoms with Gasteiger partial charge in [0.2, 0.25) is 0 Å². The van der Waals surface area contributed by atoms with Crippen LogP contribution < -0.4 is 9.64 Å². The molecule has 20 heavy (non-hydrogen) atoms. The average Bonchev–Trinajstić information content (AvgIpc) is 2.46. The van der Waals surface area contributed by atoms with Gasteiger partial charge >= 0.3 is 0 Å². The molecule has 0 fully saturated rings. The van der Waals surface area contributed by atoms with Crippen LogP contribution in [-0.2, 0) is 0 Å². The lowest BCUT2D eigenvalue weighted by atomic mass is 10.2. The van der Waals surface area contributed by atoms with Crippen LogP contribution in [0.2, 0.25) is 10.3 Å². The summed E-state index contributed by atoms with van der Waals surface area (Å²) in [5, 5.41) is 0.464. The maximum atomic E-state index is 12.3. The van der Waals surface area contributed by atoms with Gasteiger partial charge in [-0.15, -0.1) is 0 Å². The van der Waals surface area contributed by atoms with Crippen LogP contribution in [-0.4, -0.2) is 25.0 Å². The number of benzene rings is 1. The van der Waals surface area contributed by atoms with Crippen LogP contribution in [0.5, 0.6) is 5.75 Å². The van der Waals surface area contributed by atoms with Gasteiger partial charge < -0.3 is 9.64 Å². The largest absolute Gasteiger partial charge is 0.497 e. The maximum Gasteiger partial charge on any atom is 0.258 e. The summed E-state index contributed by atoms with van der Waals surface area (Å²) >= 11 is 11.7. The van der Waals surface area contributed by atoms with Gasteiger partial charge in [-0.2, -0.15) is 0 Å². The number of hydrogen-bond donors (Lipinski definition) is 0. The number of rotatable bonds is 3. The number of amides is 1. The van der Waals surface area contributed by atoms with E-state index in [1.54, 1.807) is 50.6 Å². The number of nitrogens with zero attached hydrogens (tertiary/aromatic N) is 2. The van der Waals surface area contributed by atoms with Crippen molar-refractivity contribution in [3.05, 3.63) is 52.3 Å². The highest BCUT2D eigenvalue weighted by Crippen LogP contribution is 2.26. The van der Waals surface area contributed by atoms with Gasteiger partial charge in [0.15, 0.2) is 5.15 Å². The topological polar surface area (TPSA) is 42.4 Å². The Bertz CT molecular complexity index is 630. The molecule has 1 aromatic heterocycles. The first-order valence-electron chi connectivity index (χ1n) is 5.77. The Labute approximate surface area is 126 Å². The molecule has 2 aromatic rings. The minimum atomic E-state index is -0.196. The lowest BCUT2D eigenvalue weighted by Gasteiger charge is -2.18. The fourth-order valence-electron chi connectivity index (χ4n) is 1.69. The molecule has 0 aliphatic rings. The molecule has 104 valence electrons. The Kier molecular flexibility index (Phi) is 4.47. The lowest BCUT2D eigenvalue weighted by molar-refractivity contribution is 0.0993. The minimum absolute atomic E-state index is 0.182. The van der Waals surface area contributed by atoms with Crippen LogP contribution in [0.1, 0.15) is 10.4 Å². The van der Waals surface area contributed by atoms with Gasteiger partial charge in [-0.05, 0) is 36.4 Å². The summed E-state index contributed by atoms with van der Waals surface area (Å²) < 4.78 is 5.06. The van der Waals surface area contributed by atoms with Crippen LogP contribution in [0.3, 0.4) is 0 Å². The van der Waals surface area contributed by atoms with Crippen molar-refractivity contribution >= 4 is 34.8 Å². The molecule has 1 amide bonds. The van der Waals surface area contributed by atoms with E-state index in [-0.39, 0.29) is 16.2 Å². The molecule has 0 spiro atoms. The number of halogens is 2. The highest BCUT2D eigenvalue weighted by molar-refractivity contribution is 6.34. The van der Waals surface area contributed by atoms with Crippen molar-refractivity contribution in [2.75, 3.05) is 19.1 Å². The van der Waals surface area contributed by atoms with E-state index in [0.29, 0.717) is 17.0 Å². The molecule has 1 heterocycles. The van der Waals surface area contributed by atoms with Gasteiger partial charge in [0, 0.05) is 12.6 Å². The number of anilines is 1. The number of hydrogen-bond acceptors (Lipinski definition) is 3. The highest BCUT2D eigenvalue weighted by atomic mass is 35.5. The van der Waals surface area contributed by atoms with Crippen LogP contribution in [0.15, 0.2) is 36.4 Å². The molecule has 0 saturated heterocycles. The molecule has 0 unspecified atom stereocenters. The summed E-state index contributed by atoms with van der Waals surface area (Å²) in [6.07, 6.45) is 0. The van der Waals surface area contributed by atoms with Crippen LogP contribution in [0.25, 0.3) is 0 Å². The first-order chi connectivity index (χ1) is 9.52. The molecule has 0 N–H and O–H groups in total. The number of pyridine rings is 1. The van der Waals surface area contributed by atoms with Gasteiger partial charge in [-0.25, -0.2) is 4.98 Å². The van der Waals surface area contributed by atoms with E-state index in [0.717, 1.165) is 0 Å². The number of aromatic nitrogens is 1. The van der Waals surface area contributed by atoms with E-state index < -0.39 is 0 Å². The molecule has 6 heteroatoms. The Hall–Kier alpha value is -1.78. The summed E-state index contributed by atoms with van der Waals surface area (Å²) in [7, 11) is 3.20. The third kappa shape index (κ3) is 3.03. The number of carbonyl (C=O) groups is 1. The molecular formula is C14H12Cl2N2O2. The van der Waals surface area contributed by atoms with E-state index >= 15 is 0 Å². The summed E-state index contributed by atoms with van der Waals surface area (Å²) in [5.41, 5.74) is 1.02. The van der Waals surface area contributed by atoms with E-state index in [9.17, 15) is 4.79 Å². The smallest absolute Gasteiger partial charge is 0.258 e. The number of carbonyl (C=O) groups excluding carboxylic acids is 1. The molecule has 2 rings (SSSR count). The Balaban J connectivity index is 2.27.